The number of aryl methyl sites for hydroxylation is 2. The van der Waals surface area contributed by atoms with Crippen LogP contribution in [0.25, 0.3) is 55.6 Å². The molecule has 1 radical (unpaired) electrons. The summed E-state index contributed by atoms with van der Waals surface area (Å²) in [6, 6.07) is 40.3. The molecule has 0 aliphatic heterocycles. The van der Waals surface area contributed by atoms with E-state index < -0.39 is 13.3 Å². The van der Waals surface area contributed by atoms with Gasteiger partial charge in [0.25, 0.3) is 0 Å². The Kier molecular flexibility index (Phi) is 10.6. The molecule has 0 N–H and O–H groups in total. The van der Waals surface area contributed by atoms with Crippen LogP contribution in [0.15, 0.2) is 114 Å². The van der Waals surface area contributed by atoms with Crippen LogP contribution >= 0.6 is 0 Å². The Balaban J connectivity index is 0.000000205. The van der Waals surface area contributed by atoms with Crippen molar-refractivity contribution in [3.05, 3.63) is 138 Å². The Morgan fingerprint density at radius 1 is 0.708 bits per heavy atom. The third-order valence-electron chi connectivity index (χ3n) is 8.59. The largest absolute Gasteiger partial charge is 0 e. The third kappa shape index (κ3) is 7.73. The van der Waals surface area contributed by atoms with Crippen LogP contribution in [-0.2, 0) is 25.5 Å². The minimum absolute atomic E-state index is 0. The molecular weight excluding hydrogens is 825 g/mol. The fraction of sp³-hybridized carbons (Fsp3) is 0.209. The van der Waals surface area contributed by atoms with E-state index in [0.29, 0.717) is 0 Å². The van der Waals surface area contributed by atoms with Crippen molar-refractivity contribution >= 4 is 39.6 Å². The first kappa shape index (κ1) is 35.5. The number of rotatable bonds is 4. The molecule has 3 heterocycles. The van der Waals surface area contributed by atoms with Crippen molar-refractivity contribution in [3.8, 4) is 33.6 Å². The van der Waals surface area contributed by atoms with Gasteiger partial charge >= 0.3 is 113 Å². The zero-order valence-electron chi connectivity index (χ0n) is 29.0. The first-order valence-corrected chi connectivity index (χ1v) is 23.6. The molecule has 5 heteroatoms. The number of nitrogens with zero attached hydrogens (tertiary/aromatic N) is 2. The molecule has 0 bridgehead atoms. The molecule has 0 unspecified atom stereocenters. The molecule has 0 amide bonds. The number of fused-ring (bicyclic) bond motifs is 3. The normalized spacial score (nSPS) is 11.6. The molecule has 4 aromatic carbocycles. The summed E-state index contributed by atoms with van der Waals surface area (Å²) >= 11 is -1.74. The fourth-order valence-corrected chi connectivity index (χ4v) is 7.96. The Morgan fingerprint density at radius 3 is 2.15 bits per heavy atom. The molecule has 7 rings (SSSR count). The molecule has 0 spiro atoms. The van der Waals surface area contributed by atoms with Crippen molar-refractivity contribution in [2.75, 3.05) is 0 Å². The molecule has 0 aliphatic rings. The summed E-state index contributed by atoms with van der Waals surface area (Å²) in [4.78, 5) is 9.24. The average Bonchev–Trinajstić information content (AvgIpc) is 3.43. The van der Waals surface area contributed by atoms with Gasteiger partial charge in [-0.15, -0.1) is 18.2 Å². The number of benzene rings is 4. The van der Waals surface area contributed by atoms with Crippen molar-refractivity contribution in [2.45, 2.75) is 57.3 Å². The molecule has 0 atom stereocenters. The van der Waals surface area contributed by atoms with Gasteiger partial charge < -0.3 is 9.40 Å². The summed E-state index contributed by atoms with van der Waals surface area (Å²) in [7, 11) is 0. The van der Waals surface area contributed by atoms with Crippen LogP contribution < -0.4 is 4.40 Å². The van der Waals surface area contributed by atoms with E-state index in [-0.39, 0.29) is 25.5 Å². The predicted molar refractivity (Wildman–Crippen MR) is 201 cm³/mol. The zero-order valence-corrected chi connectivity index (χ0v) is 33.5. The number of pyridine rings is 2. The quantitative estimate of drug-likeness (QED) is 0.131. The molecule has 48 heavy (non-hydrogen) atoms. The summed E-state index contributed by atoms with van der Waals surface area (Å²) in [5.41, 5.74) is 11.8. The monoisotopic (exact) mass is 869 g/mol. The Labute approximate surface area is 301 Å². The van der Waals surface area contributed by atoms with E-state index in [1.165, 1.54) is 26.6 Å². The summed E-state index contributed by atoms with van der Waals surface area (Å²) < 4.78 is 7.80. The van der Waals surface area contributed by atoms with Gasteiger partial charge in [-0.1, -0.05) is 80.3 Å². The van der Waals surface area contributed by atoms with Crippen LogP contribution in [0.1, 0.15) is 37.5 Å². The van der Waals surface area contributed by atoms with Crippen molar-refractivity contribution in [2.24, 2.45) is 0 Å². The van der Waals surface area contributed by atoms with E-state index in [9.17, 15) is 0 Å². The van der Waals surface area contributed by atoms with Crippen LogP contribution in [0.3, 0.4) is 0 Å². The maximum absolute atomic E-state index is 6.35. The summed E-state index contributed by atoms with van der Waals surface area (Å²) in [6.45, 7) is 10.8. The molecule has 245 valence electrons. The molecule has 0 aliphatic carbocycles. The Morgan fingerprint density at radius 2 is 1.48 bits per heavy atom. The topological polar surface area (TPSA) is 38.9 Å². The second kappa shape index (κ2) is 14.3. The summed E-state index contributed by atoms with van der Waals surface area (Å²) in [5, 5.41) is 2.21. The van der Waals surface area contributed by atoms with Gasteiger partial charge in [0.1, 0.15) is 5.58 Å². The second-order valence-corrected chi connectivity index (χ2v) is 25.0. The minimum Gasteiger partial charge on any atom is 0 e. The first-order valence-electron chi connectivity index (χ1n) is 16.2. The Hall–Kier alpha value is -3.83. The fourth-order valence-electron chi connectivity index (χ4n) is 5.79. The van der Waals surface area contributed by atoms with Gasteiger partial charge in [-0.3, -0.25) is 0 Å². The molecule has 0 fully saturated rings. The van der Waals surface area contributed by atoms with E-state index in [1.54, 1.807) is 0 Å². The van der Waals surface area contributed by atoms with Gasteiger partial charge in [-0.2, -0.15) is 0 Å². The SMILES string of the molecule is CC(C)(C)c1ccnc(-c2[c-]ccc3c2oc2cc(-c4ccccc4)ccc23)c1.Cc1c[c-]c(-c2cc[c]([Ge]([CH3])([CH3])[CH3])cn2)c(C)c1.[Ir]. The van der Waals surface area contributed by atoms with Gasteiger partial charge in [0.2, 0.25) is 0 Å². The van der Waals surface area contributed by atoms with Crippen LogP contribution in [-0.4, -0.2) is 23.2 Å². The van der Waals surface area contributed by atoms with Crippen molar-refractivity contribution in [1.82, 2.24) is 9.97 Å². The predicted octanol–water partition coefficient (Wildman–Crippen LogP) is 11.1. The van der Waals surface area contributed by atoms with Crippen molar-refractivity contribution in [1.29, 1.82) is 0 Å². The molecule has 0 saturated heterocycles. The zero-order chi connectivity index (χ0) is 33.3. The maximum atomic E-state index is 6.35. The van der Waals surface area contributed by atoms with Gasteiger partial charge in [-0.25, -0.2) is 0 Å². The van der Waals surface area contributed by atoms with Crippen LogP contribution in [0.2, 0.25) is 17.3 Å². The second-order valence-electron chi connectivity index (χ2n) is 14.4. The smallest absolute Gasteiger partial charge is 0 e. The van der Waals surface area contributed by atoms with Crippen LogP contribution in [0.5, 0.6) is 0 Å². The number of furan rings is 1. The molecule has 7 aromatic rings. The van der Waals surface area contributed by atoms with Crippen LogP contribution in [0, 0.1) is 26.0 Å². The van der Waals surface area contributed by atoms with E-state index >= 15 is 0 Å². The Bertz CT molecular complexity index is 2170. The summed E-state index contributed by atoms with van der Waals surface area (Å²) in [5.74, 6) is 7.17. The number of hydrogen-bond acceptors (Lipinski definition) is 3. The van der Waals surface area contributed by atoms with Gasteiger partial charge in [0.05, 0.1) is 5.58 Å². The minimum atomic E-state index is -1.74. The van der Waals surface area contributed by atoms with E-state index in [0.717, 1.165) is 50.0 Å². The van der Waals surface area contributed by atoms with Crippen LogP contribution in [0.4, 0.5) is 0 Å². The van der Waals surface area contributed by atoms with Gasteiger partial charge in [-0.05, 0) is 39.9 Å². The third-order valence-corrected chi connectivity index (χ3v) is 12.8. The molecular formula is C43H42GeIrN2O-2. The van der Waals surface area contributed by atoms with E-state index in [2.05, 4.69) is 159 Å². The van der Waals surface area contributed by atoms with Gasteiger partial charge in [0.15, 0.2) is 0 Å². The number of aromatic nitrogens is 2. The van der Waals surface area contributed by atoms with Crippen molar-refractivity contribution < 1.29 is 24.5 Å². The maximum Gasteiger partial charge on any atom is 0 e. The standard InChI is InChI=1S/C27H22NO.C16H20GeN.Ir/c1-27(2,3)20-14-15-28-24(17-20)23-11-7-10-22-21-13-12-19(16-25(21)29-26(22)23)18-8-5-4-6-9-18;1-12-6-8-15(13(2)10-12)16-9-7-14(11-18-16)17(3,4)5;/h4-10,12-17H,1-3H3;6-7,9-11H,1-5H3;/q2*-1;. The van der Waals surface area contributed by atoms with E-state index in [1.807, 2.05) is 24.4 Å². The van der Waals surface area contributed by atoms with Crippen molar-refractivity contribution in [3.63, 3.8) is 0 Å². The molecule has 0 saturated carbocycles. The van der Waals surface area contributed by atoms with Gasteiger partial charge in [0, 0.05) is 31.7 Å². The van der Waals surface area contributed by atoms with E-state index in [4.69, 9.17) is 4.42 Å². The molecule has 3 aromatic heterocycles. The molecule has 3 nitrogen and oxygen atoms in total. The first-order chi connectivity index (χ1) is 22.4. The average molecular weight is 868 g/mol. The number of hydrogen-bond donors (Lipinski definition) is 0. The summed E-state index contributed by atoms with van der Waals surface area (Å²) in [6.07, 6.45) is 3.93.